The summed E-state index contributed by atoms with van der Waals surface area (Å²) in [6.45, 7) is 0. The van der Waals surface area contributed by atoms with Crippen molar-refractivity contribution < 1.29 is 9.34 Å². The normalized spacial score (nSPS) is 11.6. The molecule has 0 aliphatic carbocycles. The largest absolute Gasteiger partial charge is 0.456 e. The first-order valence-corrected chi connectivity index (χ1v) is 9.71. The average molecular weight is 389 g/mol. The van der Waals surface area contributed by atoms with Crippen molar-refractivity contribution in [1.82, 2.24) is 0 Å². The molecule has 0 saturated carbocycles. The fourth-order valence-corrected chi connectivity index (χ4v) is 4.42. The predicted octanol–water partition coefficient (Wildman–Crippen LogP) is 7.47. The second kappa shape index (κ2) is 6.16. The van der Waals surface area contributed by atoms with Gasteiger partial charge in [-0.15, -0.1) is 0 Å². The van der Waals surface area contributed by atoms with E-state index in [-0.39, 0.29) is 10.6 Å². The molecule has 0 bridgehead atoms. The van der Waals surface area contributed by atoms with Crippen LogP contribution in [0.1, 0.15) is 0 Å². The van der Waals surface area contributed by atoms with Crippen LogP contribution in [0.2, 0.25) is 0 Å². The fraction of sp³-hybridized carbons (Fsp3) is 0. The third kappa shape index (κ3) is 2.34. The lowest BCUT2D eigenvalue weighted by atomic mass is 9.95. The minimum Gasteiger partial charge on any atom is -0.456 e. The Balaban J connectivity index is 1.69. The van der Waals surface area contributed by atoms with Gasteiger partial charge in [0, 0.05) is 16.8 Å². The molecule has 30 heavy (non-hydrogen) atoms. The van der Waals surface area contributed by atoms with E-state index in [0.717, 1.165) is 49.0 Å². The van der Waals surface area contributed by atoms with E-state index in [4.69, 9.17) is 4.42 Å². The summed E-state index contributed by atoms with van der Waals surface area (Å²) in [6, 6.07) is 29.2. The van der Waals surface area contributed by atoms with Crippen LogP contribution in [-0.2, 0) is 0 Å². The first kappa shape index (κ1) is 16.7. The molecule has 4 nitrogen and oxygen atoms in total. The Bertz CT molecular complexity index is 1630. The molecular weight excluding hydrogens is 374 g/mol. The number of hydrogen-bond acceptors (Lipinski definition) is 3. The lowest BCUT2D eigenvalue weighted by Crippen LogP contribution is -1.93. The number of hydrogen-bond donors (Lipinski definition) is 0. The molecule has 1 aromatic heterocycles. The number of nitrogens with zero attached hydrogens (tertiary/aromatic N) is 1. The van der Waals surface area contributed by atoms with E-state index in [0.29, 0.717) is 5.56 Å². The third-order valence-electron chi connectivity index (χ3n) is 5.75. The zero-order valence-corrected chi connectivity index (χ0v) is 15.8. The fourth-order valence-electron chi connectivity index (χ4n) is 4.42. The van der Waals surface area contributed by atoms with Crippen LogP contribution in [0, 0.1) is 10.1 Å². The number of fused-ring (bicyclic) bond motifs is 6. The maximum Gasteiger partial charge on any atom is 0.277 e. The van der Waals surface area contributed by atoms with Gasteiger partial charge in [0.05, 0.1) is 10.5 Å². The second-order valence-electron chi connectivity index (χ2n) is 7.41. The summed E-state index contributed by atoms with van der Waals surface area (Å²) in [5.74, 6) is 0. The summed E-state index contributed by atoms with van der Waals surface area (Å²) >= 11 is 0. The van der Waals surface area contributed by atoms with E-state index in [2.05, 4.69) is 18.2 Å². The van der Waals surface area contributed by atoms with Crippen molar-refractivity contribution in [1.29, 1.82) is 0 Å². The second-order valence-corrected chi connectivity index (χ2v) is 7.41. The molecule has 142 valence electrons. The minimum absolute atomic E-state index is 0.0922. The van der Waals surface area contributed by atoms with Gasteiger partial charge < -0.3 is 4.42 Å². The van der Waals surface area contributed by atoms with E-state index < -0.39 is 0 Å². The Morgan fingerprint density at radius 2 is 1.37 bits per heavy atom. The molecule has 0 N–H and O–H groups in total. The summed E-state index contributed by atoms with van der Waals surface area (Å²) < 4.78 is 6.17. The van der Waals surface area contributed by atoms with Gasteiger partial charge in [-0.25, -0.2) is 0 Å². The average Bonchev–Trinajstić information content (AvgIpc) is 3.16. The van der Waals surface area contributed by atoms with Crippen LogP contribution < -0.4 is 0 Å². The maximum atomic E-state index is 11.8. The van der Waals surface area contributed by atoms with Gasteiger partial charge in [0.25, 0.3) is 5.69 Å². The number of benzene rings is 5. The topological polar surface area (TPSA) is 56.3 Å². The lowest BCUT2D eigenvalue weighted by molar-refractivity contribution is -0.384. The van der Waals surface area contributed by atoms with Crippen molar-refractivity contribution >= 4 is 49.2 Å². The number of rotatable bonds is 2. The molecule has 0 unspecified atom stereocenters. The number of nitro groups is 1. The highest BCUT2D eigenvalue weighted by Crippen LogP contribution is 2.40. The van der Waals surface area contributed by atoms with Crippen LogP contribution in [0.25, 0.3) is 54.6 Å². The van der Waals surface area contributed by atoms with E-state index >= 15 is 0 Å². The molecule has 6 rings (SSSR count). The Morgan fingerprint density at radius 3 is 2.17 bits per heavy atom. The van der Waals surface area contributed by atoms with Gasteiger partial charge in [-0.1, -0.05) is 60.7 Å². The number of furan rings is 1. The Kier molecular flexibility index (Phi) is 3.44. The molecule has 0 spiro atoms. The van der Waals surface area contributed by atoms with Crippen molar-refractivity contribution in [2.45, 2.75) is 0 Å². The van der Waals surface area contributed by atoms with Crippen LogP contribution in [0.4, 0.5) is 5.69 Å². The molecule has 0 saturated heterocycles. The molecule has 6 aromatic rings. The molecule has 0 radical (unpaired) electrons. The summed E-state index contributed by atoms with van der Waals surface area (Å²) in [5.41, 5.74) is 3.02. The molecule has 5 aromatic carbocycles. The molecule has 0 aliphatic rings. The van der Waals surface area contributed by atoms with E-state index in [1.165, 1.54) is 0 Å². The van der Waals surface area contributed by atoms with Crippen molar-refractivity contribution in [3.05, 3.63) is 101 Å². The van der Waals surface area contributed by atoms with Crippen molar-refractivity contribution in [3.8, 4) is 11.1 Å². The van der Waals surface area contributed by atoms with E-state index in [1.807, 2.05) is 60.7 Å². The highest BCUT2D eigenvalue weighted by Gasteiger charge is 2.20. The standard InChI is InChI=1S/C26H15NO3/c28-27(29)22-13-10-16-5-1-3-7-19(16)25(22)18-9-12-21-24(15-18)30-23-14-11-17-6-2-4-8-20(17)26(21)23/h1-15H. The zero-order chi connectivity index (χ0) is 20.2. The van der Waals surface area contributed by atoms with Crippen LogP contribution >= 0.6 is 0 Å². The Labute approximate surface area is 171 Å². The molecule has 0 atom stereocenters. The van der Waals surface area contributed by atoms with Gasteiger partial charge in [-0.05, 0) is 51.4 Å². The van der Waals surface area contributed by atoms with Crippen LogP contribution in [0.15, 0.2) is 95.4 Å². The van der Waals surface area contributed by atoms with E-state index in [9.17, 15) is 10.1 Å². The smallest absolute Gasteiger partial charge is 0.277 e. The molecule has 0 amide bonds. The van der Waals surface area contributed by atoms with Gasteiger partial charge in [0.1, 0.15) is 11.2 Å². The SMILES string of the molecule is O=[N+]([O-])c1ccc2ccccc2c1-c1ccc2c(c1)oc1ccc3ccccc3c12. The minimum atomic E-state index is -0.321. The lowest BCUT2D eigenvalue weighted by Gasteiger charge is -2.08. The highest BCUT2D eigenvalue weighted by molar-refractivity contribution is 6.19. The summed E-state index contributed by atoms with van der Waals surface area (Å²) in [4.78, 5) is 11.5. The van der Waals surface area contributed by atoms with Crippen molar-refractivity contribution in [3.63, 3.8) is 0 Å². The summed E-state index contributed by atoms with van der Waals surface area (Å²) in [7, 11) is 0. The quantitative estimate of drug-likeness (QED) is 0.228. The first-order valence-electron chi connectivity index (χ1n) is 9.71. The Morgan fingerprint density at radius 1 is 0.667 bits per heavy atom. The van der Waals surface area contributed by atoms with Gasteiger partial charge >= 0.3 is 0 Å². The molecule has 4 heteroatoms. The maximum absolute atomic E-state index is 11.8. The zero-order valence-electron chi connectivity index (χ0n) is 15.8. The monoisotopic (exact) mass is 389 g/mol. The van der Waals surface area contributed by atoms with Crippen LogP contribution in [-0.4, -0.2) is 4.92 Å². The summed E-state index contributed by atoms with van der Waals surface area (Å²) in [5, 5.41) is 18.0. The van der Waals surface area contributed by atoms with Crippen LogP contribution in [0.3, 0.4) is 0 Å². The van der Waals surface area contributed by atoms with Crippen LogP contribution in [0.5, 0.6) is 0 Å². The highest BCUT2D eigenvalue weighted by atomic mass is 16.6. The van der Waals surface area contributed by atoms with Crippen molar-refractivity contribution in [2.75, 3.05) is 0 Å². The molecular formula is C26H15NO3. The summed E-state index contributed by atoms with van der Waals surface area (Å²) in [6.07, 6.45) is 0. The number of nitro benzene ring substituents is 1. The molecule has 1 heterocycles. The Hall–Kier alpha value is -4.18. The van der Waals surface area contributed by atoms with Gasteiger partial charge in [-0.3, -0.25) is 10.1 Å². The van der Waals surface area contributed by atoms with Crippen molar-refractivity contribution in [2.24, 2.45) is 0 Å². The third-order valence-corrected chi connectivity index (χ3v) is 5.75. The first-order chi connectivity index (χ1) is 14.7. The van der Waals surface area contributed by atoms with Gasteiger partial charge in [0.2, 0.25) is 0 Å². The van der Waals surface area contributed by atoms with Gasteiger partial charge in [0.15, 0.2) is 0 Å². The van der Waals surface area contributed by atoms with E-state index in [1.54, 1.807) is 12.1 Å². The molecule has 0 fully saturated rings. The predicted molar refractivity (Wildman–Crippen MR) is 121 cm³/mol. The van der Waals surface area contributed by atoms with Gasteiger partial charge in [-0.2, -0.15) is 0 Å². The molecule has 0 aliphatic heterocycles.